The summed E-state index contributed by atoms with van der Waals surface area (Å²) in [6.45, 7) is 1.47. The second kappa shape index (κ2) is 10.00. The monoisotopic (exact) mass is 494 g/mol. The molecule has 3 aromatic carbocycles. The molecule has 1 aromatic heterocycles. The first-order valence-corrected chi connectivity index (χ1v) is 12.1. The number of amides is 1. The lowest BCUT2D eigenvalue weighted by molar-refractivity contribution is -0.123. The van der Waals surface area contributed by atoms with Crippen molar-refractivity contribution in [2.24, 2.45) is 5.14 Å². The maximum absolute atomic E-state index is 12.9. The first-order chi connectivity index (χ1) is 16.7. The third-order valence-electron chi connectivity index (χ3n) is 5.11. The fourth-order valence-corrected chi connectivity index (χ4v) is 3.83. The molecular formula is C25H22N2O7S. The molecule has 0 aliphatic heterocycles. The summed E-state index contributed by atoms with van der Waals surface area (Å²) in [6.07, 6.45) is -1.17. The Kier molecular flexibility index (Phi) is 6.85. The first-order valence-electron chi connectivity index (χ1n) is 10.6. The van der Waals surface area contributed by atoms with Crippen molar-refractivity contribution < 1.29 is 31.9 Å². The number of ether oxygens (including phenoxy) is 2. The number of carbonyl (C=O) groups excluding carboxylic acids is 2. The summed E-state index contributed by atoms with van der Waals surface area (Å²) in [5.74, 6) is -0.863. The van der Waals surface area contributed by atoms with Gasteiger partial charge in [0.2, 0.25) is 15.8 Å². The van der Waals surface area contributed by atoms with E-state index < -0.39 is 28.0 Å². The van der Waals surface area contributed by atoms with Crippen LogP contribution in [-0.4, -0.2) is 26.4 Å². The quantitative estimate of drug-likeness (QED) is 0.355. The number of benzene rings is 3. The van der Waals surface area contributed by atoms with Gasteiger partial charge >= 0.3 is 5.97 Å². The predicted molar refractivity (Wildman–Crippen MR) is 128 cm³/mol. The van der Waals surface area contributed by atoms with Crippen LogP contribution in [0.1, 0.15) is 23.0 Å². The van der Waals surface area contributed by atoms with Gasteiger partial charge in [-0.15, -0.1) is 0 Å². The van der Waals surface area contributed by atoms with E-state index in [-0.39, 0.29) is 17.3 Å². The molecule has 4 aromatic rings. The molecule has 35 heavy (non-hydrogen) atoms. The summed E-state index contributed by atoms with van der Waals surface area (Å²) in [7, 11) is -3.85. The van der Waals surface area contributed by atoms with E-state index in [9.17, 15) is 18.0 Å². The number of furan rings is 1. The zero-order chi connectivity index (χ0) is 25.0. The van der Waals surface area contributed by atoms with Crippen LogP contribution in [0.4, 0.5) is 5.69 Å². The Hall–Kier alpha value is -4.15. The summed E-state index contributed by atoms with van der Waals surface area (Å²) in [5.41, 5.74) is 1.30. The number of hydrogen-bond acceptors (Lipinski definition) is 7. The Labute approximate surface area is 201 Å². The maximum Gasteiger partial charge on any atom is 0.375 e. The summed E-state index contributed by atoms with van der Waals surface area (Å²) in [5, 5.41) is 8.33. The normalized spacial score (nSPS) is 12.2. The van der Waals surface area contributed by atoms with Crippen molar-refractivity contribution in [2.45, 2.75) is 24.5 Å². The zero-order valence-electron chi connectivity index (χ0n) is 18.6. The number of carbonyl (C=O) groups is 2. The van der Waals surface area contributed by atoms with Gasteiger partial charge in [-0.1, -0.05) is 36.4 Å². The number of primary sulfonamides is 1. The molecule has 10 heteroatoms. The van der Waals surface area contributed by atoms with E-state index in [1.807, 2.05) is 24.3 Å². The van der Waals surface area contributed by atoms with Crippen molar-refractivity contribution in [2.75, 3.05) is 5.32 Å². The molecule has 0 saturated carbocycles. The van der Waals surface area contributed by atoms with Gasteiger partial charge in [-0.25, -0.2) is 18.4 Å². The van der Waals surface area contributed by atoms with E-state index in [1.54, 1.807) is 30.3 Å². The topological polar surface area (TPSA) is 138 Å². The lowest BCUT2D eigenvalue weighted by Gasteiger charge is -2.13. The molecule has 1 unspecified atom stereocenters. The smallest absolute Gasteiger partial charge is 0.375 e. The van der Waals surface area contributed by atoms with Crippen LogP contribution in [0.5, 0.6) is 5.75 Å². The largest absolute Gasteiger partial charge is 0.489 e. The highest BCUT2D eigenvalue weighted by Crippen LogP contribution is 2.28. The van der Waals surface area contributed by atoms with E-state index in [1.165, 1.54) is 31.2 Å². The molecule has 0 saturated heterocycles. The number of hydrogen-bond donors (Lipinski definition) is 2. The Morgan fingerprint density at radius 1 is 0.971 bits per heavy atom. The number of anilines is 1. The minimum absolute atomic E-state index is 0.0562. The molecule has 0 aliphatic carbocycles. The minimum atomic E-state index is -3.85. The second-order valence-corrected chi connectivity index (χ2v) is 9.18. The molecule has 1 atom stereocenters. The highest BCUT2D eigenvalue weighted by Gasteiger charge is 2.26. The Bertz CT molecular complexity index is 1460. The van der Waals surface area contributed by atoms with Gasteiger partial charge in [0.1, 0.15) is 17.9 Å². The highest BCUT2D eigenvalue weighted by molar-refractivity contribution is 7.89. The SMILES string of the molecule is CC(OC(=O)c1oc2ccccc2c1COc1ccccc1)C(=O)Nc1ccc(S(N)(=O)=O)cc1. The fraction of sp³-hybridized carbons (Fsp3) is 0.120. The number of nitrogens with one attached hydrogen (secondary N) is 1. The molecular weight excluding hydrogens is 472 g/mol. The number of para-hydroxylation sites is 2. The summed E-state index contributed by atoms with van der Waals surface area (Å²) < 4.78 is 39.6. The summed E-state index contributed by atoms with van der Waals surface area (Å²) in [6, 6.07) is 21.5. The first kappa shape index (κ1) is 24.0. The van der Waals surface area contributed by atoms with E-state index in [0.29, 0.717) is 28.0 Å². The number of esters is 1. The molecule has 4 rings (SSSR count). The number of sulfonamides is 1. The average Bonchev–Trinajstić information content (AvgIpc) is 3.22. The molecule has 9 nitrogen and oxygen atoms in total. The molecule has 0 aliphatic rings. The van der Waals surface area contributed by atoms with Gasteiger partial charge in [-0.2, -0.15) is 0 Å². The van der Waals surface area contributed by atoms with Crippen LogP contribution in [0.3, 0.4) is 0 Å². The minimum Gasteiger partial charge on any atom is -0.489 e. The van der Waals surface area contributed by atoms with E-state index in [2.05, 4.69) is 5.32 Å². The molecule has 0 bridgehead atoms. The average molecular weight is 495 g/mol. The van der Waals surface area contributed by atoms with Crippen LogP contribution in [0.25, 0.3) is 11.0 Å². The van der Waals surface area contributed by atoms with Crippen LogP contribution in [0.15, 0.2) is 88.2 Å². The molecule has 1 heterocycles. The lowest BCUT2D eigenvalue weighted by atomic mass is 10.1. The van der Waals surface area contributed by atoms with Crippen molar-refractivity contribution in [3.05, 3.63) is 90.2 Å². The van der Waals surface area contributed by atoms with Gasteiger partial charge < -0.3 is 19.2 Å². The summed E-state index contributed by atoms with van der Waals surface area (Å²) in [4.78, 5) is 25.4. The third-order valence-corrected chi connectivity index (χ3v) is 6.04. The van der Waals surface area contributed by atoms with Crippen molar-refractivity contribution in [3.8, 4) is 5.75 Å². The molecule has 1 amide bonds. The van der Waals surface area contributed by atoms with Gasteiger partial charge in [0.25, 0.3) is 5.91 Å². The predicted octanol–water partition coefficient (Wildman–Crippen LogP) is 3.84. The van der Waals surface area contributed by atoms with Gasteiger partial charge in [-0.3, -0.25) is 4.79 Å². The number of nitrogens with two attached hydrogens (primary N) is 1. The Morgan fingerprint density at radius 2 is 1.63 bits per heavy atom. The standard InChI is InChI=1S/C25H22N2O7S/c1-16(24(28)27-17-11-13-19(14-12-17)35(26,30)31)33-25(29)23-21(15-32-18-7-3-2-4-8-18)20-9-5-6-10-22(20)34-23/h2-14,16H,15H2,1H3,(H,27,28)(H2,26,30,31). The van der Waals surface area contributed by atoms with Crippen molar-refractivity contribution in [3.63, 3.8) is 0 Å². The molecule has 3 N–H and O–H groups in total. The van der Waals surface area contributed by atoms with Crippen molar-refractivity contribution in [1.82, 2.24) is 0 Å². The molecule has 0 spiro atoms. The number of rotatable bonds is 8. The van der Waals surface area contributed by atoms with Gasteiger partial charge in [-0.05, 0) is 49.4 Å². The van der Waals surface area contributed by atoms with E-state index >= 15 is 0 Å². The zero-order valence-corrected chi connectivity index (χ0v) is 19.4. The van der Waals surface area contributed by atoms with Gasteiger partial charge in [0, 0.05) is 11.1 Å². The molecule has 180 valence electrons. The van der Waals surface area contributed by atoms with Crippen LogP contribution < -0.4 is 15.2 Å². The van der Waals surface area contributed by atoms with E-state index in [0.717, 1.165) is 0 Å². The van der Waals surface area contributed by atoms with Crippen LogP contribution in [0.2, 0.25) is 0 Å². The van der Waals surface area contributed by atoms with Crippen LogP contribution in [-0.2, 0) is 26.2 Å². The maximum atomic E-state index is 12.9. The van der Waals surface area contributed by atoms with Crippen LogP contribution >= 0.6 is 0 Å². The number of fused-ring (bicyclic) bond motifs is 1. The van der Waals surface area contributed by atoms with Crippen molar-refractivity contribution in [1.29, 1.82) is 0 Å². The second-order valence-electron chi connectivity index (χ2n) is 7.61. The molecule has 0 fully saturated rings. The van der Waals surface area contributed by atoms with Crippen LogP contribution in [0, 0.1) is 0 Å². The van der Waals surface area contributed by atoms with Gasteiger partial charge in [0.05, 0.1) is 10.5 Å². The fourth-order valence-electron chi connectivity index (χ4n) is 3.32. The Morgan fingerprint density at radius 3 is 2.31 bits per heavy atom. The lowest BCUT2D eigenvalue weighted by Crippen LogP contribution is -2.30. The Balaban J connectivity index is 1.48. The van der Waals surface area contributed by atoms with Crippen molar-refractivity contribution >= 4 is 38.6 Å². The third kappa shape index (κ3) is 5.68. The molecule has 0 radical (unpaired) electrons. The van der Waals surface area contributed by atoms with E-state index in [4.69, 9.17) is 19.0 Å². The summed E-state index contributed by atoms with van der Waals surface area (Å²) >= 11 is 0. The highest BCUT2D eigenvalue weighted by atomic mass is 32.2. The van der Waals surface area contributed by atoms with Gasteiger partial charge in [0.15, 0.2) is 6.10 Å².